The van der Waals surface area contributed by atoms with Crippen molar-refractivity contribution >= 4 is 23.9 Å². The van der Waals surface area contributed by atoms with E-state index in [1.54, 1.807) is 0 Å². The minimum atomic E-state index is -1.61. The maximum atomic E-state index is 11.8. The predicted molar refractivity (Wildman–Crippen MR) is 87.7 cm³/mol. The van der Waals surface area contributed by atoms with Crippen molar-refractivity contribution in [3.8, 4) is 0 Å². The van der Waals surface area contributed by atoms with Gasteiger partial charge in [-0.1, -0.05) is 39.5 Å². The molecule has 0 fully saturated rings. The van der Waals surface area contributed by atoms with Crippen LogP contribution in [0.1, 0.15) is 78.1 Å². The van der Waals surface area contributed by atoms with Crippen LogP contribution in [0, 0.1) is 0 Å². The first kappa shape index (κ1) is 22.9. The standard InChI is InChI=1S/C17H28O8/c1-3-5-7-9-17(10-8-6-4-2,24-15(22)11-13(18)19)25-16(23)12-14(20)21/h3-12H2,1-2H3,(H,18,19)(H,20,21). The quantitative estimate of drug-likeness (QED) is 0.209. The van der Waals surface area contributed by atoms with Crippen LogP contribution in [-0.4, -0.2) is 39.9 Å². The summed E-state index contributed by atoms with van der Waals surface area (Å²) in [5.74, 6) is -6.33. The third kappa shape index (κ3) is 11.1. The van der Waals surface area contributed by atoms with E-state index in [0.29, 0.717) is 12.8 Å². The first-order valence-corrected chi connectivity index (χ1v) is 8.62. The molecule has 0 bridgehead atoms. The van der Waals surface area contributed by atoms with Gasteiger partial charge in [0.15, 0.2) is 0 Å². The highest BCUT2D eigenvalue weighted by molar-refractivity contribution is 5.91. The van der Waals surface area contributed by atoms with Crippen molar-refractivity contribution < 1.29 is 38.9 Å². The number of rotatable bonds is 14. The van der Waals surface area contributed by atoms with Gasteiger partial charge in [0.05, 0.1) is 0 Å². The molecule has 0 aliphatic heterocycles. The largest absolute Gasteiger partial charge is 0.481 e. The molecule has 0 saturated heterocycles. The van der Waals surface area contributed by atoms with Crippen LogP contribution in [0.3, 0.4) is 0 Å². The smallest absolute Gasteiger partial charge is 0.320 e. The molecule has 144 valence electrons. The number of hydrogen-bond acceptors (Lipinski definition) is 6. The van der Waals surface area contributed by atoms with Crippen LogP contribution in [0.25, 0.3) is 0 Å². The van der Waals surface area contributed by atoms with Crippen molar-refractivity contribution in [2.45, 2.75) is 83.8 Å². The van der Waals surface area contributed by atoms with Crippen LogP contribution < -0.4 is 0 Å². The summed E-state index contributed by atoms with van der Waals surface area (Å²) < 4.78 is 10.5. The Bertz CT molecular complexity index is 416. The Kier molecular flexibility index (Phi) is 11.2. The number of hydrogen-bond donors (Lipinski definition) is 2. The number of carbonyl (C=O) groups is 4. The summed E-state index contributed by atoms with van der Waals surface area (Å²) in [5, 5.41) is 17.4. The normalized spacial score (nSPS) is 11.0. The summed E-state index contributed by atoms with van der Waals surface area (Å²) in [7, 11) is 0. The van der Waals surface area contributed by atoms with Gasteiger partial charge < -0.3 is 19.7 Å². The molecule has 0 saturated carbocycles. The van der Waals surface area contributed by atoms with Crippen LogP contribution in [-0.2, 0) is 28.7 Å². The molecule has 0 unspecified atom stereocenters. The second kappa shape index (κ2) is 12.3. The van der Waals surface area contributed by atoms with Crippen LogP contribution in [0.15, 0.2) is 0 Å². The van der Waals surface area contributed by atoms with Gasteiger partial charge in [0.2, 0.25) is 0 Å². The molecule has 0 aromatic heterocycles. The monoisotopic (exact) mass is 360 g/mol. The molecule has 8 heteroatoms. The van der Waals surface area contributed by atoms with E-state index in [1.807, 2.05) is 13.8 Å². The lowest BCUT2D eigenvalue weighted by Gasteiger charge is -2.33. The number of unbranched alkanes of at least 4 members (excludes halogenated alkanes) is 4. The molecule has 0 aromatic carbocycles. The van der Waals surface area contributed by atoms with Crippen LogP contribution in [0.5, 0.6) is 0 Å². The summed E-state index contributed by atoms with van der Waals surface area (Å²) in [4.78, 5) is 45.1. The van der Waals surface area contributed by atoms with E-state index in [1.165, 1.54) is 0 Å². The zero-order valence-electron chi connectivity index (χ0n) is 14.9. The lowest BCUT2D eigenvalue weighted by Crippen LogP contribution is -2.41. The minimum absolute atomic E-state index is 0.210. The minimum Gasteiger partial charge on any atom is -0.481 e. The fourth-order valence-corrected chi connectivity index (χ4v) is 2.37. The van der Waals surface area contributed by atoms with Gasteiger partial charge in [0.25, 0.3) is 5.79 Å². The maximum absolute atomic E-state index is 11.8. The van der Waals surface area contributed by atoms with Crippen LogP contribution >= 0.6 is 0 Å². The molecule has 2 N–H and O–H groups in total. The highest BCUT2D eigenvalue weighted by Gasteiger charge is 2.38. The SMILES string of the molecule is CCCCCC(CCCCC)(OC(=O)CC(=O)O)OC(=O)CC(=O)O. The summed E-state index contributed by atoms with van der Waals surface area (Å²) in [6, 6.07) is 0. The number of ether oxygens (including phenoxy) is 2. The fourth-order valence-electron chi connectivity index (χ4n) is 2.37. The molecular weight excluding hydrogens is 332 g/mol. The van der Waals surface area contributed by atoms with E-state index >= 15 is 0 Å². The van der Waals surface area contributed by atoms with Crippen molar-refractivity contribution in [1.29, 1.82) is 0 Å². The van der Waals surface area contributed by atoms with E-state index in [0.717, 1.165) is 25.7 Å². The van der Waals surface area contributed by atoms with E-state index in [-0.39, 0.29) is 12.8 Å². The molecule has 8 nitrogen and oxygen atoms in total. The van der Waals surface area contributed by atoms with Gasteiger partial charge in [-0.2, -0.15) is 0 Å². The van der Waals surface area contributed by atoms with Gasteiger partial charge in [-0.25, -0.2) is 0 Å². The van der Waals surface area contributed by atoms with E-state index in [2.05, 4.69) is 0 Å². The number of aliphatic carboxylic acids is 2. The highest BCUT2D eigenvalue weighted by atomic mass is 16.7. The van der Waals surface area contributed by atoms with Gasteiger partial charge in [0, 0.05) is 12.8 Å². The average molecular weight is 360 g/mol. The Morgan fingerprint density at radius 2 is 1.08 bits per heavy atom. The summed E-state index contributed by atoms with van der Waals surface area (Å²) in [5.41, 5.74) is 0. The van der Waals surface area contributed by atoms with Gasteiger partial charge in [-0.3, -0.25) is 19.2 Å². The molecule has 0 aromatic rings. The van der Waals surface area contributed by atoms with Gasteiger partial charge in [-0.05, 0) is 12.8 Å². The second-order valence-corrected chi connectivity index (χ2v) is 5.91. The average Bonchev–Trinajstić information content (AvgIpc) is 2.45. The number of esters is 2. The topological polar surface area (TPSA) is 127 Å². The number of carboxylic acids is 2. The molecule has 0 spiro atoms. The first-order valence-electron chi connectivity index (χ1n) is 8.62. The lowest BCUT2D eigenvalue weighted by atomic mass is 10.00. The Labute approximate surface area is 147 Å². The van der Waals surface area contributed by atoms with Gasteiger partial charge in [0.1, 0.15) is 12.8 Å². The number of carbonyl (C=O) groups excluding carboxylic acids is 2. The predicted octanol–water partition coefficient (Wildman–Crippen LogP) is 2.88. The van der Waals surface area contributed by atoms with E-state index in [4.69, 9.17) is 19.7 Å². The molecule has 0 atom stereocenters. The van der Waals surface area contributed by atoms with Crippen LogP contribution in [0.2, 0.25) is 0 Å². The second-order valence-electron chi connectivity index (χ2n) is 5.91. The Hall–Kier alpha value is -2.12. The molecule has 0 amide bonds. The Morgan fingerprint density at radius 3 is 1.36 bits per heavy atom. The fraction of sp³-hybridized carbons (Fsp3) is 0.765. The Balaban J connectivity index is 5.27. The van der Waals surface area contributed by atoms with Crippen molar-refractivity contribution in [2.75, 3.05) is 0 Å². The van der Waals surface area contributed by atoms with Gasteiger partial charge >= 0.3 is 23.9 Å². The lowest BCUT2D eigenvalue weighted by molar-refractivity contribution is -0.234. The van der Waals surface area contributed by atoms with Crippen molar-refractivity contribution in [3.63, 3.8) is 0 Å². The maximum Gasteiger partial charge on any atom is 0.320 e. The van der Waals surface area contributed by atoms with E-state index in [9.17, 15) is 19.2 Å². The molecule has 0 aliphatic rings. The third-order valence-corrected chi connectivity index (χ3v) is 3.51. The zero-order chi connectivity index (χ0) is 19.3. The molecule has 0 radical (unpaired) electrons. The van der Waals surface area contributed by atoms with Crippen LogP contribution in [0.4, 0.5) is 0 Å². The molecule has 0 aliphatic carbocycles. The first-order chi connectivity index (χ1) is 11.7. The zero-order valence-corrected chi connectivity index (χ0v) is 14.9. The van der Waals surface area contributed by atoms with E-state index < -0.39 is 42.5 Å². The molecule has 0 rings (SSSR count). The summed E-state index contributed by atoms with van der Waals surface area (Å²) >= 11 is 0. The van der Waals surface area contributed by atoms with Crippen molar-refractivity contribution in [1.82, 2.24) is 0 Å². The highest BCUT2D eigenvalue weighted by Crippen LogP contribution is 2.29. The van der Waals surface area contributed by atoms with Gasteiger partial charge in [-0.15, -0.1) is 0 Å². The molecule has 0 heterocycles. The third-order valence-electron chi connectivity index (χ3n) is 3.51. The summed E-state index contributed by atoms with van der Waals surface area (Å²) in [6.07, 6.45) is 3.31. The van der Waals surface area contributed by atoms with Crippen molar-refractivity contribution in [2.24, 2.45) is 0 Å². The molecular formula is C17H28O8. The van der Waals surface area contributed by atoms with Crippen molar-refractivity contribution in [3.05, 3.63) is 0 Å². The number of carboxylic acid groups (broad SMARTS) is 2. The summed E-state index contributed by atoms with van der Waals surface area (Å²) in [6.45, 7) is 3.96. The molecule has 25 heavy (non-hydrogen) atoms. The Morgan fingerprint density at radius 1 is 0.720 bits per heavy atom.